The summed E-state index contributed by atoms with van der Waals surface area (Å²) in [7, 11) is 1.84. The Morgan fingerprint density at radius 2 is 2.10 bits per heavy atom. The van der Waals surface area contributed by atoms with Crippen molar-refractivity contribution in [2.45, 2.75) is 13.0 Å². The fourth-order valence-electron chi connectivity index (χ4n) is 1.91. The third-order valence-electron chi connectivity index (χ3n) is 3.08. The number of rotatable bonds is 6. The van der Waals surface area contributed by atoms with E-state index in [9.17, 15) is 4.79 Å². The van der Waals surface area contributed by atoms with Gasteiger partial charge in [-0.2, -0.15) is 0 Å². The topological polar surface area (TPSA) is 58.4 Å². The highest BCUT2D eigenvalue weighted by Crippen LogP contribution is 2.18. The van der Waals surface area contributed by atoms with E-state index in [2.05, 4.69) is 4.98 Å². The van der Waals surface area contributed by atoms with Crippen LogP contribution < -0.4 is 4.90 Å². The Morgan fingerprint density at radius 1 is 1.40 bits per heavy atom. The summed E-state index contributed by atoms with van der Waals surface area (Å²) < 4.78 is 1.79. The van der Waals surface area contributed by atoms with E-state index in [0.717, 1.165) is 11.5 Å². The van der Waals surface area contributed by atoms with Crippen molar-refractivity contribution in [2.24, 2.45) is 7.05 Å². The Bertz CT molecular complexity index is 583. The smallest absolute Gasteiger partial charge is 0.305 e. The summed E-state index contributed by atoms with van der Waals surface area (Å²) in [6.07, 6.45) is 1.67. The van der Waals surface area contributed by atoms with Gasteiger partial charge in [0.15, 0.2) is 0 Å². The Balaban J connectivity index is 2.18. The van der Waals surface area contributed by atoms with Crippen molar-refractivity contribution < 1.29 is 9.90 Å². The maximum absolute atomic E-state index is 10.8. The lowest BCUT2D eigenvalue weighted by atomic mass is 10.2. The van der Waals surface area contributed by atoms with Crippen molar-refractivity contribution in [3.8, 4) is 0 Å². The van der Waals surface area contributed by atoms with Gasteiger partial charge in [0, 0.05) is 19.3 Å². The third kappa shape index (κ3) is 3.51. The number of aliphatic carboxylic acids is 1. The number of hydrogen-bond donors (Lipinski definition) is 1. The highest BCUT2D eigenvalue weighted by Gasteiger charge is 2.13. The largest absolute Gasteiger partial charge is 0.481 e. The van der Waals surface area contributed by atoms with Gasteiger partial charge >= 0.3 is 5.97 Å². The summed E-state index contributed by atoms with van der Waals surface area (Å²) in [6.45, 7) is 0.935. The molecule has 20 heavy (non-hydrogen) atoms. The van der Waals surface area contributed by atoms with Gasteiger partial charge in [0.05, 0.1) is 19.2 Å². The molecule has 0 saturated heterocycles. The molecule has 0 unspecified atom stereocenters. The minimum Gasteiger partial charge on any atom is -0.481 e. The lowest BCUT2D eigenvalue weighted by Crippen LogP contribution is -2.27. The van der Waals surface area contributed by atoms with Gasteiger partial charge in [0.2, 0.25) is 0 Å². The molecule has 0 aliphatic rings. The number of carboxylic acid groups (broad SMARTS) is 1. The first kappa shape index (κ1) is 14.4. The SMILES string of the molecule is Cn1c(Cl)cnc1CN(CCC(=O)O)c1ccccc1. The molecule has 1 aromatic carbocycles. The number of imidazole rings is 1. The molecule has 0 atom stereocenters. The van der Waals surface area contributed by atoms with E-state index in [1.54, 1.807) is 10.8 Å². The lowest BCUT2D eigenvalue weighted by molar-refractivity contribution is -0.136. The van der Waals surface area contributed by atoms with Crippen LogP contribution in [0.2, 0.25) is 5.15 Å². The van der Waals surface area contributed by atoms with Gasteiger partial charge in [-0.15, -0.1) is 0 Å². The maximum Gasteiger partial charge on any atom is 0.305 e. The standard InChI is InChI=1S/C14H16ClN3O2/c1-17-12(15)9-16-13(17)10-18(8-7-14(19)20)11-5-3-2-4-6-11/h2-6,9H,7-8,10H2,1H3,(H,19,20). The Labute approximate surface area is 122 Å². The van der Waals surface area contributed by atoms with Crippen LogP contribution >= 0.6 is 11.6 Å². The zero-order valence-corrected chi connectivity index (χ0v) is 11.9. The predicted molar refractivity (Wildman–Crippen MR) is 78.0 cm³/mol. The van der Waals surface area contributed by atoms with E-state index in [1.807, 2.05) is 42.3 Å². The van der Waals surface area contributed by atoms with Gasteiger partial charge in [-0.1, -0.05) is 29.8 Å². The molecule has 1 heterocycles. The predicted octanol–water partition coefficient (Wildman–Crippen LogP) is 2.55. The van der Waals surface area contributed by atoms with E-state index < -0.39 is 5.97 Å². The second kappa shape index (κ2) is 6.43. The van der Waals surface area contributed by atoms with Crippen LogP contribution in [0.15, 0.2) is 36.5 Å². The molecule has 0 fully saturated rings. The summed E-state index contributed by atoms with van der Waals surface area (Å²) in [6, 6.07) is 9.68. The van der Waals surface area contributed by atoms with Gasteiger partial charge in [-0.05, 0) is 12.1 Å². The monoisotopic (exact) mass is 293 g/mol. The van der Waals surface area contributed by atoms with Gasteiger partial charge in [0.1, 0.15) is 11.0 Å². The van der Waals surface area contributed by atoms with Crippen molar-refractivity contribution in [3.63, 3.8) is 0 Å². The first-order valence-electron chi connectivity index (χ1n) is 6.26. The molecule has 6 heteroatoms. The number of carboxylic acids is 1. The number of nitrogens with zero attached hydrogens (tertiary/aromatic N) is 3. The fraction of sp³-hybridized carbons (Fsp3) is 0.286. The molecule has 0 saturated carbocycles. The molecule has 1 N–H and O–H groups in total. The van der Waals surface area contributed by atoms with Crippen molar-refractivity contribution in [2.75, 3.05) is 11.4 Å². The quantitative estimate of drug-likeness (QED) is 0.889. The van der Waals surface area contributed by atoms with Crippen molar-refractivity contribution in [1.82, 2.24) is 9.55 Å². The zero-order valence-electron chi connectivity index (χ0n) is 11.2. The van der Waals surface area contributed by atoms with E-state index in [-0.39, 0.29) is 6.42 Å². The van der Waals surface area contributed by atoms with E-state index in [1.165, 1.54) is 0 Å². The summed E-state index contributed by atoms with van der Waals surface area (Å²) in [4.78, 5) is 17.0. The van der Waals surface area contributed by atoms with Crippen LogP contribution in [0.1, 0.15) is 12.2 Å². The molecule has 1 aromatic heterocycles. The molecule has 0 aliphatic heterocycles. The van der Waals surface area contributed by atoms with E-state index in [4.69, 9.17) is 16.7 Å². The van der Waals surface area contributed by atoms with Crippen molar-refractivity contribution in [1.29, 1.82) is 0 Å². The van der Waals surface area contributed by atoms with Crippen LogP contribution in [0.4, 0.5) is 5.69 Å². The van der Waals surface area contributed by atoms with Crippen molar-refractivity contribution >= 4 is 23.3 Å². The van der Waals surface area contributed by atoms with Crippen LogP contribution in [-0.2, 0) is 18.4 Å². The second-order valence-corrected chi connectivity index (χ2v) is 4.84. The number of aromatic nitrogens is 2. The molecule has 0 radical (unpaired) electrons. The van der Waals surface area contributed by atoms with E-state index in [0.29, 0.717) is 18.2 Å². The number of carbonyl (C=O) groups is 1. The first-order chi connectivity index (χ1) is 9.58. The van der Waals surface area contributed by atoms with Crippen LogP contribution in [0.25, 0.3) is 0 Å². The van der Waals surface area contributed by atoms with Crippen LogP contribution in [0, 0.1) is 0 Å². The van der Waals surface area contributed by atoms with Crippen LogP contribution in [0.3, 0.4) is 0 Å². The number of halogens is 1. The Hall–Kier alpha value is -2.01. The molecule has 106 valence electrons. The van der Waals surface area contributed by atoms with Crippen LogP contribution in [0.5, 0.6) is 0 Å². The van der Waals surface area contributed by atoms with Gasteiger partial charge in [-0.3, -0.25) is 4.79 Å². The molecule has 0 spiro atoms. The number of benzene rings is 1. The molecular weight excluding hydrogens is 278 g/mol. The minimum absolute atomic E-state index is 0.0764. The summed E-state index contributed by atoms with van der Waals surface area (Å²) >= 11 is 5.97. The summed E-state index contributed by atoms with van der Waals surface area (Å²) in [5.41, 5.74) is 0.966. The molecule has 5 nitrogen and oxygen atoms in total. The first-order valence-corrected chi connectivity index (χ1v) is 6.63. The average Bonchev–Trinajstić information content (AvgIpc) is 2.76. The summed E-state index contributed by atoms with van der Waals surface area (Å²) in [5.74, 6) is -0.0203. The molecule has 0 aliphatic carbocycles. The third-order valence-corrected chi connectivity index (χ3v) is 3.43. The molecule has 0 bridgehead atoms. The molecule has 2 rings (SSSR count). The number of hydrogen-bond acceptors (Lipinski definition) is 3. The van der Waals surface area contributed by atoms with Gasteiger partial charge in [-0.25, -0.2) is 4.98 Å². The normalized spacial score (nSPS) is 10.5. The lowest BCUT2D eigenvalue weighted by Gasteiger charge is -2.23. The summed E-state index contributed by atoms with van der Waals surface area (Å²) in [5, 5.41) is 9.43. The van der Waals surface area contributed by atoms with Crippen molar-refractivity contribution in [3.05, 3.63) is 47.5 Å². The Kier molecular flexibility index (Phi) is 4.63. The van der Waals surface area contributed by atoms with Gasteiger partial charge in [0.25, 0.3) is 0 Å². The fourth-order valence-corrected chi connectivity index (χ4v) is 2.06. The highest BCUT2D eigenvalue weighted by molar-refractivity contribution is 6.29. The van der Waals surface area contributed by atoms with Crippen LogP contribution in [-0.4, -0.2) is 27.2 Å². The second-order valence-electron chi connectivity index (χ2n) is 4.46. The van der Waals surface area contributed by atoms with E-state index >= 15 is 0 Å². The molecular formula is C14H16ClN3O2. The highest BCUT2D eigenvalue weighted by atomic mass is 35.5. The maximum atomic E-state index is 10.8. The Morgan fingerprint density at radius 3 is 2.65 bits per heavy atom. The average molecular weight is 294 g/mol. The number of para-hydroxylation sites is 1. The zero-order chi connectivity index (χ0) is 14.5. The molecule has 2 aromatic rings. The molecule has 0 amide bonds. The number of anilines is 1. The minimum atomic E-state index is -0.816. The van der Waals surface area contributed by atoms with Gasteiger partial charge < -0.3 is 14.6 Å².